The van der Waals surface area contributed by atoms with Gasteiger partial charge in [0.15, 0.2) is 0 Å². The Kier molecular flexibility index (Phi) is 7.29. The van der Waals surface area contributed by atoms with Gasteiger partial charge in [-0.15, -0.1) is 0 Å². The van der Waals surface area contributed by atoms with Crippen LogP contribution in [0.5, 0.6) is 0 Å². The molecule has 0 spiro atoms. The molecule has 0 aromatic carbocycles. The van der Waals surface area contributed by atoms with Crippen molar-refractivity contribution in [3.8, 4) is 0 Å². The SMILES string of the molecule is C[C](C)(C)[K].P. The molecule has 0 fully saturated rings. The monoisotopic (exact) mass is 130 g/mol. The average Bonchev–Trinajstić information content (AvgIpc) is 0.722. The molecule has 0 aromatic rings. The molecule has 0 N–H and O–H groups in total. The summed E-state index contributed by atoms with van der Waals surface area (Å²) in [6.07, 6.45) is 0. The molecule has 0 rings (SSSR count). The summed E-state index contributed by atoms with van der Waals surface area (Å²) in [6, 6.07) is 0. The van der Waals surface area contributed by atoms with E-state index in [0.29, 0.717) is -0.490 Å². The molecular weight excluding hydrogens is 118 g/mol. The fraction of sp³-hybridized carbons (Fsp3) is 1.00. The van der Waals surface area contributed by atoms with Gasteiger partial charge in [0.2, 0.25) is 0 Å². The zero-order valence-corrected chi connectivity index (χ0v) is 9.74. The Morgan fingerprint density at radius 2 is 1.17 bits per heavy atom. The Balaban J connectivity index is 0. The summed E-state index contributed by atoms with van der Waals surface area (Å²) in [7, 11) is 0. The van der Waals surface area contributed by atoms with Crippen LogP contribution in [0.4, 0.5) is 0 Å². The van der Waals surface area contributed by atoms with E-state index in [-0.39, 0.29) is 9.90 Å². The molecule has 34 valence electrons. The summed E-state index contributed by atoms with van der Waals surface area (Å²) >= 11 is 1.00. The van der Waals surface area contributed by atoms with E-state index in [0.717, 1.165) is 49.0 Å². The number of hydrogen-bond acceptors (Lipinski definition) is 0. The Morgan fingerprint density at radius 3 is 1.17 bits per heavy atom. The molecule has 0 nitrogen and oxygen atoms in total. The third kappa shape index (κ3) is 36.5. The summed E-state index contributed by atoms with van der Waals surface area (Å²) in [5.74, 6) is 0. The quantitative estimate of drug-likeness (QED) is 0.344. The van der Waals surface area contributed by atoms with Gasteiger partial charge in [-0.1, -0.05) is 0 Å². The second-order valence-electron chi connectivity index (χ2n) is 3.00. The van der Waals surface area contributed by atoms with Crippen molar-refractivity contribution in [2.45, 2.75) is 20.3 Å². The van der Waals surface area contributed by atoms with Crippen LogP contribution in [-0.4, -0.2) is 49.0 Å². The van der Waals surface area contributed by atoms with Crippen LogP contribution in [0, 0.1) is 0 Å². The van der Waals surface area contributed by atoms with Gasteiger partial charge in [0.25, 0.3) is 0 Å². The molecule has 0 radical (unpaired) electrons. The fourth-order valence-corrected chi connectivity index (χ4v) is 0. The maximum absolute atomic E-state index is 2.27. The van der Waals surface area contributed by atoms with E-state index in [1.165, 1.54) is 0 Å². The molecule has 0 saturated carbocycles. The zero-order valence-electron chi connectivity index (χ0n) is 5.21. The molecule has 0 bridgehead atoms. The molecule has 0 heterocycles. The molecule has 1 atom stereocenters. The van der Waals surface area contributed by atoms with Crippen LogP contribution in [0.3, 0.4) is 0 Å². The molecule has 0 aliphatic carbocycles. The summed E-state index contributed by atoms with van der Waals surface area (Å²) in [6.45, 7) is 6.81. The molecule has 0 amide bonds. The van der Waals surface area contributed by atoms with Crippen molar-refractivity contribution >= 4 is 58.9 Å². The van der Waals surface area contributed by atoms with Gasteiger partial charge in [-0.25, -0.2) is 0 Å². The van der Waals surface area contributed by atoms with E-state index in [2.05, 4.69) is 20.8 Å². The largest absolute Gasteiger partial charge is 0.153 e. The van der Waals surface area contributed by atoms with Crippen LogP contribution < -0.4 is 0 Å². The maximum Gasteiger partial charge on any atom is -0.153 e. The standard InChI is InChI=1S/C4H9.K.H3P/c1-4(2)3;;/h1-3H3;;1H3. The van der Waals surface area contributed by atoms with Gasteiger partial charge < -0.3 is 0 Å². The molecule has 0 saturated heterocycles. The zero-order chi connectivity index (χ0) is 4.50. The molecule has 0 aliphatic rings. The van der Waals surface area contributed by atoms with Crippen LogP contribution in [0.15, 0.2) is 0 Å². The molecule has 2 heteroatoms. The van der Waals surface area contributed by atoms with Crippen molar-refractivity contribution in [1.82, 2.24) is 0 Å². The topological polar surface area (TPSA) is 0 Å². The second kappa shape index (κ2) is 4.00. The minimum atomic E-state index is 0. The Morgan fingerprint density at radius 1 is 1.17 bits per heavy atom. The van der Waals surface area contributed by atoms with Gasteiger partial charge in [-0.05, 0) is 0 Å². The van der Waals surface area contributed by atoms with E-state index in [1.807, 2.05) is 0 Å². The van der Waals surface area contributed by atoms with Crippen LogP contribution in [0.2, 0.25) is -0.490 Å². The predicted octanol–water partition coefficient (Wildman–Crippen LogP) is 1.43. The normalized spacial score (nSPS) is 10.2. The maximum atomic E-state index is 2.27. The predicted molar refractivity (Wildman–Crippen MR) is 36.6 cm³/mol. The van der Waals surface area contributed by atoms with Gasteiger partial charge in [0.1, 0.15) is 0 Å². The van der Waals surface area contributed by atoms with Crippen LogP contribution in [-0.2, 0) is 0 Å². The van der Waals surface area contributed by atoms with Crippen LogP contribution in [0.1, 0.15) is 20.8 Å². The van der Waals surface area contributed by atoms with E-state index in [9.17, 15) is 0 Å². The molecule has 0 aromatic heterocycles. The molecule has 1 unspecified atom stereocenters. The second-order valence-corrected chi connectivity index (χ2v) is 7.68. The van der Waals surface area contributed by atoms with Gasteiger partial charge in [0, 0.05) is 0 Å². The van der Waals surface area contributed by atoms with Crippen molar-refractivity contribution in [3.63, 3.8) is 0 Å². The van der Waals surface area contributed by atoms with E-state index in [1.54, 1.807) is 0 Å². The smallest absolute Gasteiger partial charge is 0.153 e. The van der Waals surface area contributed by atoms with Crippen LogP contribution >= 0.6 is 9.90 Å². The molecular formula is C4H12KP. The van der Waals surface area contributed by atoms with E-state index in [4.69, 9.17) is 0 Å². The van der Waals surface area contributed by atoms with Gasteiger partial charge in [-0.3, -0.25) is 0 Å². The Labute approximate surface area is 77.7 Å². The summed E-state index contributed by atoms with van der Waals surface area (Å²) < 4.78 is 0.688. The first-order valence-corrected chi connectivity index (χ1v) is 3.56. The number of rotatable bonds is 0. The first kappa shape index (κ1) is 10.9. The molecule has 6 heavy (non-hydrogen) atoms. The average molecular weight is 130 g/mol. The van der Waals surface area contributed by atoms with Gasteiger partial charge in [0.05, 0.1) is 0 Å². The van der Waals surface area contributed by atoms with Crippen molar-refractivity contribution < 1.29 is 0 Å². The first-order chi connectivity index (χ1) is 2.00. The third-order valence-electron chi connectivity index (χ3n) is 0. The van der Waals surface area contributed by atoms with Crippen molar-refractivity contribution in [2.75, 3.05) is 0 Å². The Hall–Kier alpha value is 2.07. The fourth-order valence-electron chi connectivity index (χ4n) is 0. The minimum Gasteiger partial charge on any atom is -0.153 e. The van der Waals surface area contributed by atoms with Crippen molar-refractivity contribution in [1.29, 1.82) is 0 Å². The molecule has 0 aliphatic heterocycles. The first-order valence-electron chi connectivity index (χ1n) is 2.00. The Bertz CT molecular complexity index is 23.0. The van der Waals surface area contributed by atoms with Gasteiger partial charge in [-0.2, -0.15) is 9.90 Å². The number of hydrogen-bond donors (Lipinski definition) is 0. The van der Waals surface area contributed by atoms with E-state index < -0.39 is 0 Å². The van der Waals surface area contributed by atoms with E-state index >= 15 is 0 Å². The van der Waals surface area contributed by atoms with Gasteiger partial charge >= 0.3 is 69.2 Å². The summed E-state index contributed by atoms with van der Waals surface area (Å²) in [5.41, 5.74) is 0. The third-order valence-corrected chi connectivity index (χ3v) is 0. The van der Waals surface area contributed by atoms with Crippen molar-refractivity contribution in [2.24, 2.45) is 0 Å². The van der Waals surface area contributed by atoms with Crippen molar-refractivity contribution in [3.05, 3.63) is 0 Å². The van der Waals surface area contributed by atoms with Crippen LogP contribution in [0.25, 0.3) is 0 Å². The summed E-state index contributed by atoms with van der Waals surface area (Å²) in [4.78, 5) is 0. The summed E-state index contributed by atoms with van der Waals surface area (Å²) in [5, 5.41) is 0. The minimum absolute atomic E-state index is 0.